The smallest absolute Gasteiger partial charge is 0.270 e. The van der Waals surface area contributed by atoms with E-state index in [1.54, 1.807) is 12.3 Å². The van der Waals surface area contributed by atoms with E-state index in [0.29, 0.717) is 5.69 Å². The molecule has 1 fully saturated rings. The van der Waals surface area contributed by atoms with Crippen LogP contribution in [0.1, 0.15) is 23.3 Å². The molecule has 2 rings (SSSR count). The average Bonchev–Trinajstić information content (AvgIpc) is 2.65. The summed E-state index contributed by atoms with van der Waals surface area (Å²) in [5.41, 5.74) is 6.42. The van der Waals surface area contributed by atoms with Crippen molar-refractivity contribution >= 4 is 21.8 Å². The maximum absolute atomic E-state index is 12.0. The van der Waals surface area contributed by atoms with Gasteiger partial charge in [0, 0.05) is 29.8 Å². The van der Waals surface area contributed by atoms with Crippen LogP contribution in [0, 0.1) is 0 Å². The zero-order valence-corrected chi connectivity index (χ0v) is 9.96. The standard InChI is InChI=1S/C10H14BrN3O/c11-7-5-9(13-6-7)10(15)14-3-1-8(12)2-4-14/h5-6,8,13H,1-4,12H2. The molecule has 1 amide bonds. The Balaban J connectivity index is 2.02. The fraction of sp³-hybridized carbons (Fsp3) is 0.500. The third-order valence-corrected chi connectivity index (χ3v) is 3.16. The number of hydrogen-bond acceptors (Lipinski definition) is 2. The van der Waals surface area contributed by atoms with E-state index in [4.69, 9.17) is 5.73 Å². The van der Waals surface area contributed by atoms with Gasteiger partial charge < -0.3 is 15.6 Å². The first-order valence-electron chi connectivity index (χ1n) is 5.05. The Hall–Kier alpha value is -0.810. The normalized spacial score (nSPS) is 18.1. The molecule has 3 N–H and O–H groups in total. The predicted molar refractivity (Wildman–Crippen MR) is 61.6 cm³/mol. The number of likely N-dealkylation sites (tertiary alicyclic amines) is 1. The van der Waals surface area contributed by atoms with E-state index < -0.39 is 0 Å². The largest absolute Gasteiger partial charge is 0.356 e. The third kappa shape index (κ3) is 2.41. The zero-order valence-electron chi connectivity index (χ0n) is 8.37. The number of aromatic nitrogens is 1. The number of nitrogens with two attached hydrogens (primary N) is 1. The van der Waals surface area contributed by atoms with Crippen molar-refractivity contribution in [3.05, 3.63) is 22.4 Å². The Kier molecular flexibility index (Phi) is 3.11. The van der Waals surface area contributed by atoms with E-state index in [9.17, 15) is 4.79 Å². The molecule has 0 atom stereocenters. The highest BCUT2D eigenvalue weighted by atomic mass is 79.9. The molecule has 0 aliphatic carbocycles. The average molecular weight is 272 g/mol. The highest BCUT2D eigenvalue weighted by molar-refractivity contribution is 9.10. The molecule has 82 valence electrons. The van der Waals surface area contributed by atoms with E-state index in [1.807, 2.05) is 4.90 Å². The number of nitrogens with one attached hydrogen (secondary N) is 1. The van der Waals surface area contributed by atoms with Crippen LogP contribution in [-0.4, -0.2) is 34.9 Å². The van der Waals surface area contributed by atoms with Crippen molar-refractivity contribution in [2.24, 2.45) is 5.73 Å². The van der Waals surface area contributed by atoms with Gasteiger partial charge in [-0.15, -0.1) is 0 Å². The first-order chi connectivity index (χ1) is 7.16. The van der Waals surface area contributed by atoms with Crippen LogP contribution in [-0.2, 0) is 0 Å². The number of carbonyl (C=O) groups is 1. The molecule has 0 aromatic carbocycles. The molecular formula is C10H14BrN3O. The molecule has 0 radical (unpaired) electrons. The van der Waals surface area contributed by atoms with Gasteiger partial charge in [-0.1, -0.05) is 0 Å². The molecule has 1 aliphatic rings. The van der Waals surface area contributed by atoms with Gasteiger partial charge in [0.2, 0.25) is 0 Å². The molecule has 0 spiro atoms. The van der Waals surface area contributed by atoms with Gasteiger partial charge in [-0.05, 0) is 34.8 Å². The summed E-state index contributed by atoms with van der Waals surface area (Å²) in [7, 11) is 0. The molecule has 15 heavy (non-hydrogen) atoms. The minimum Gasteiger partial charge on any atom is -0.356 e. The summed E-state index contributed by atoms with van der Waals surface area (Å²) in [6, 6.07) is 2.06. The van der Waals surface area contributed by atoms with Crippen molar-refractivity contribution in [2.45, 2.75) is 18.9 Å². The van der Waals surface area contributed by atoms with E-state index in [2.05, 4.69) is 20.9 Å². The summed E-state index contributed by atoms with van der Waals surface area (Å²) in [5.74, 6) is 0.0626. The zero-order chi connectivity index (χ0) is 10.8. The quantitative estimate of drug-likeness (QED) is 0.810. The summed E-state index contributed by atoms with van der Waals surface area (Å²) < 4.78 is 0.902. The van der Waals surface area contributed by atoms with Gasteiger partial charge in [0.15, 0.2) is 0 Å². The molecule has 0 saturated carbocycles. The fourth-order valence-electron chi connectivity index (χ4n) is 1.76. The summed E-state index contributed by atoms with van der Waals surface area (Å²) in [6.07, 6.45) is 3.56. The van der Waals surface area contributed by atoms with Crippen LogP contribution >= 0.6 is 15.9 Å². The van der Waals surface area contributed by atoms with Gasteiger partial charge in [0.05, 0.1) is 0 Å². The second-order valence-corrected chi connectivity index (χ2v) is 4.78. The topological polar surface area (TPSA) is 62.1 Å². The molecule has 0 bridgehead atoms. The van der Waals surface area contributed by atoms with Gasteiger partial charge in [-0.25, -0.2) is 0 Å². The third-order valence-electron chi connectivity index (χ3n) is 2.71. The Morgan fingerprint density at radius 1 is 1.53 bits per heavy atom. The highest BCUT2D eigenvalue weighted by Crippen LogP contribution is 2.15. The summed E-state index contributed by atoms with van der Waals surface area (Å²) in [6.45, 7) is 1.52. The van der Waals surface area contributed by atoms with Crippen molar-refractivity contribution in [3.63, 3.8) is 0 Å². The second kappa shape index (κ2) is 4.37. The Morgan fingerprint density at radius 2 is 2.20 bits per heavy atom. The predicted octanol–water partition coefficient (Wildman–Crippen LogP) is 1.34. The van der Waals surface area contributed by atoms with E-state index in [0.717, 1.165) is 30.4 Å². The minimum absolute atomic E-state index is 0.0626. The van der Waals surface area contributed by atoms with E-state index >= 15 is 0 Å². The Bertz CT molecular complexity index is 355. The van der Waals surface area contributed by atoms with Gasteiger partial charge in [0.1, 0.15) is 5.69 Å². The first-order valence-corrected chi connectivity index (χ1v) is 5.85. The molecule has 1 aromatic rings. The molecule has 4 nitrogen and oxygen atoms in total. The van der Waals surface area contributed by atoms with Crippen LogP contribution in [0.15, 0.2) is 16.7 Å². The highest BCUT2D eigenvalue weighted by Gasteiger charge is 2.22. The molecular weight excluding hydrogens is 258 g/mol. The molecule has 5 heteroatoms. The maximum atomic E-state index is 12.0. The van der Waals surface area contributed by atoms with Crippen LogP contribution < -0.4 is 5.73 Å². The van der Waals surface area contributed by atoms with Gasteiger partial charge in [0.25, 0.3) is 5.91 Å². The molecule has 1 aliphatic heterocycles. The summed E-state index contributed by atoms with van der Waals surface area (Å²) >= 11 is 3.31. The maximum Gasteiger partial charge on any atom is 0.270 e. The lowest BCUT2D eigenvalue weighted by Crippen LogP contribution is -2.42. The van der Waals surface area contributed by atoms with Crippen molar-refractivity contribution in [2.75, 3.05) is 13.1 Å². The van der Waals surface area contributed by atoms with Crippen LogP contribution in [0.5, 0.6) is 0 Å². The number of aromatic amines is 1. The van der Waals surface area contributed by atoms with Crippen LogP contribution in [0.25, 0.3) is 0 Å². The number of amides is 1. The number of piperidine rings is 1. The number of H-pyrrole nitrogens is 1. The molecule has 1 saturated heterocycles. The molecule has 1 aromatic heterocycles. The number of rotatable bonds is 1. The van der Waals surface area contributed by atoms with E-state index in [-0.39, 0.29) is 11.9 Å². The van der Waals surface area contributed by atoms with Crippen LogP contribution in [0.2, 0.25) is 0 Å². The van der Waals surface area contributed by atoms with E-state index in [1.165, 1.54) is 0 Å². The van der Waals surface area contributed by atoms with Gasteiger partial charge >= 0.3 is 0 Å². The number of nitrogens with zero attached hydrogens (tertiary/aromatic N) is 1. The van der Waals surface area contributed by atoms with Crippen LogP contribution in [0.3, 0.4) is 0 Å². The van der Waals surface area contributed by atoms with Crippen molar-refractivity contribution in [1.29, 1.82) is 0 Å². The van der Waals surface area contributed by atoms with Crippen LogP contribution in [0.4, 0.5) is 0 Å². The second-order valence-electron chi connectivity index (χ2n) is 3.86. The van der Waals surface area contributed by atoms with Crippen molar-refractivity contribution in [1.82, 2.24) is 9.88 Å². The van der Waals surface area contributed by atoms with Gasteiger partial charge in [-0.2, -0.15) is 0 Å². The first kappa shape index (κ1) is 10.7. The Morgan fingerprint density at radius 3 is 2.73 bits per heavy atom. The number of hydrogen-bond donors (Lipinski definition) is 2. The fourth-order valence-corrected chi connectivity index (χ4v) is 2.11. The lowest BCUT2D eigenvalue weighted by Gasteiger charge is -2.29. The van der Waals surface area contributed by atoms with Crippen molar-refractivity contribution < 1.29 is 4.79 Å². The number of carbonyl (C=O) groups excluding carboxylic acids is 1. The lowest BCUT2D eigenvalue weighted by molar-refractivity contribution is 0.0709. The summed E-state index contributed by atoms with van der Waals surface area (Å²) in [5, 5.41) is 0. The van der Waals surface area contributed by atoms with Gasteiger partial charge in [-0.3, -0.25) is 4.79 Å². The summed E-state index contributed by atoms with van der Waals surface area (Å²) in [4.78, 5) is 16.7. The minimum atomic E-state index is 0.0626. The SMILES string of the molecule is NC1CCN(C(=O)c2cc(Br)c[nH]2)CC1. The molecule has 2 heterocycles. The monoisotopic (exact) mass is 271 g/mol. The van der Waals surface area contributed by atoms with Crippen molar-refractivity contribution in [3.8, 4) is 0 Å². The Labute approximate surface area is 97.0 Å². The lowest BCUT2D eigenvalue weighted by atomic mass is 10.1. The molecule has 0 unspecified atom stereocenters. The number of halogens is 1.